The molecule has 2 fully saturated rings. The Morgan fingerprint density at radius 1 is 1.22 bits per heavy atom. The Morgan fingerprint density at radius 2 is 1.93 bits per heavy atom. The lowest BCUT2D eigenvalue weighted by Crippen LogP contribution is -2.25. The first-order valence-electron chi connectivity index (χ1n) is 10.3. The van der Waals surface area contributed by atoms with E-state index in [1.807, 2.05) is 12.1 Å². The Balaban J connectivity index is 1.69. The Labute approximate surface area is 163 Å². The molecular weight excluding hydrogens is 340 g/mol. The molecule has 0 saturated carbocycles. The molecule has 1 aromatic heterocycles. The first kappa shape index (κ1) is 19.9. The molecule has 0 radical (unpaired) electrons. The van der Waals surface area contributed by atoms with Crippen LogP contribution in [0.2, 0.25) is 0 Å². The number of anilines is 3. The molecule has 150 valence electrons. The maximum absolute atomic E-state index is 12.4. The van der Waals surface area contributed by atoms with Gasteiger partial charge in [-0.1, -0.05) is 20.8 Å². The van der Waals surface area contributed by atoms with Crippen molar-refractivity contribution in [3.05, 3.63) is 12.1 Å². The molecule has 3 heterocycles. The van der Waals surface area contributed by atoms with Crippen molar-refractivity contribution in [1.29, 1.82) is 0 Å². The summed E-state index contributed by atoms with van der Waals surface area (Å²) in [4.78, 5) is 19.6. The molecule has 3 rings (SSSR count). The molecule has 0 aliphatic carbocycles. The van der Waals surface area contributed by atoms with E-state index in [-0.39, 0.29) is 11.3 Å². The number of rotatable bonds is 6. The SMILES string of the molecule is CC(C)(C)CC(=O)Nc1ccc(NCC2CCOCC2)nc1N1CCCC1. The summed E-state index contributed by atoms with van der Waals surface area (Å²) < 4.78 is 5.44. The van der Waals surface area contributed by atoms with E-state index in [1.54, 1.807) is 0 Å². The fourth-order valence-corrected chi connectivity index (χ4v) is 3.69. The van der Waals surface area contributed by atoms with Gasteiger partial charge in [-0.2, -0.15) is 0 Å². The van der Waals surface area contributed by atoms with Crippen molar-refractivity contribution in [3.63, 3.8) is 0 Å². The van der Waals surface area contributed by atoms with E-state index in [4.69, 9.17) is 9.72 Å². The number of hydrogen-bond acceptors (Lipinski definition) is 5. The molecule has 2 N–H and O–H groups in total. The Kier molecular flexibility index (Phi) is 6.58. The largest absolute Gasteiger partial charge is 0.381 e. The number of carbonyl (C=O) groups is 1. The molecule has 0 bridgehead atoms. The van der Waals surface area contributed by atoms with Crippen LogP contribution in [0, 0.1) is 11.3 Å². The third kappa shape index (κ3) is 6.09. The highest BCUT2D eigenvalue weighted by atomic mass is 16.5. The van der Waals surface area contributed by atoms with E-state index in [1.165, 1.54) is 12.8 Å². The number of pyridine rings is 1. The maximum Gasteiger partial charge on any atom is 0.224 e. The van der Waals surface area contributed by atoms with Gasteiger partial charge in [-0.05, 0) is 49.1 Å². The summed E-state index contributed by atoms with van der Waals surface area (Å²) in [5, 5.41) is 6.58. The average Bonchev–Trinajstić information content (AvgIpc) is 3.14. The van der Waals surface area contributed by atoms with E-state index < -0.39 is 0 Å². The summed E-state index contributed by atoms with van der Waals surface area (Å²) in [5.41, 5.74) is 0.791. The van der Waals surface area contributed by atoms with E-state index in [0.717, 1.165) is 63.0 Å². The molecule has 0 spiro atoms. The highest BCUT2D eigenvalue weighted by Gasteiger charge is 2.22. The molecule has 0 aromatic carbocycles. The zero-order valence-corrected chi connectivity index (χ0v) is 17.0. The molecule has 0 atom stereocenters. The van der Waals surface area contributed by atoms with Crippen molar-refractivity contribution >= 4 is 23.2 Å². The molecule has 1 aromatic rings. The third-order valence-corrected chi connectivity index (χ3v) is 5.16. The van der Waals surface area contributed by atoms with E-state index >= 15 is 0 Å². The van der Waals surface area contributed by atoms with Gasteiger partial charge in [0.1, 0.15) is 5.82 Å². The van der Waals surface area contributed by atoms with Crippen LogP contribution in [0.4, 0.5) is 17.3 Å². The lowest BCUT2D eigenvalue weighted by molar-refractivity contribution is -0.117. The Hall–Kier alpha value is -1.82. The van der Waals surface area contributed by atoms with Crippen LogP contribution >= 0.6 is 0 Å². The summed E-state index contributed by atoms with van der Waals surface area (Å²) >= 11 is 0. The average molecular weight is 375 g/mol. The molecule has 2 aliphatic rings. The predicted molar refractivity (Wildman–Crippen MR) is 110 cm³/mol. The quantitative estimate of drug-likeness (QED) is 0.791. The van der Waals surface area contributed by atoms with Crippen LogP contribution < -0.4 is 15.5 Å². The molecule has 6 nitrogen and oxygen atoms in total. The fraction of sp³-hybridized carbons (Fsp3) is 0.714. The fourth-order valence-electron chi connectivity index (χ4n) is 3.69. The van der Waals surface area contributed by atoms with Gasteiger partial charge >= 0.3 is 0 Å². The van der Waals surface area contributed by atoms with Gasteiger partial charge in [-0.25, -0.2) is 4.98 Å². The Morgan fingerprint density at radius 3 is 2.59 bits per heavy atom. The second-order valence-corrected chi connectivity index (χ2v) is 8.98. The van der Waals surface area contributed by atoms with Crippen molar-refractivity contribution in [3.8, 4) is 0 Å². The molecule has 2 saturated heterocycles. The number of aromatic nitrogens is 1. The van der Waals surface area contributed by atoms with Gasteiger partial charge in [-0.3, -0.25) is 4.79 Å². The van der Waals surface area contributed by atoms with Gasteiger partial charge in [0.25, 0.3) is 0 Å². The number of amides is 1. The topological polar surface area (TPSA) is 66.5 Å². The van der Waals surface area contributed by atoms with Crippen LogP contribution in [-0.2, 0) is 9.53 Å². The summed E-state index contributed by atoms with van der Waals surface area (Å²) in [5.74, 6) is 2.47. The van der Waals surface area contributed by atoms with Gasteiger partial charge in [-0.15, -0.1) is 0 Å². The summed E-state index contributed by atoms with van der Waals surface area (Å²) in [6, 6.07) is 3.97. The summed E-state index contributed by atoms with van der Waals surface area (Å²) in [6.45, 7) is 10.9. The third-order valence-electron chi connectivity index (χ3n) is 5.16. The van der Waals surface area contributed by atoms with E-state index in [2.05, 4.69) is 36.3 Å². The minimum Gasteiger partial charge on any atom is -0.381 e. The monoisotopic (exact) mass is 374 g/mol. The molecule has 6 heteroatoms. The summed E-state index contributed by atoms with van der Waals surface area (Å²) in [6.07, 6.45) is 5.06. The van der Waals surface area contributed by atoms with Gasteiger partial charge in [0.05, 0.1) is 5.69 Å². The zero-order chi connectivity index (χ0) is 19.3. The van der Waals surface area contributed by atoms with Gasteiger partial charge in [0.15, 0.2) is 5.82 Å². The van der Waals surface area contributed by atoms with Crippen LogP contribution in [0.15, 0.2) is 12.1 Å². The molecular formula is C21H34N4O2. The van der Waals surface area contributed by atoms with E-state index in [9.17, 15) is 4.79 Å². The number of nitrogens with one attached hydrogen (secondary N) is 2. The van der Waals surface area contributed by atoms with Crippen molar-refractivity contribution in [2.24, 2.45) is 11.3 Å². The lowest BCUT2D eigenvalue weighted by Gasteiger charge is -2.24. The lowest BCUT2D eigenvalue weighted by atomic mass is 9.92. The maximum atomic E-state index is 12.4. The standard InChI is InChI=1S/C21H34N4O2/c1-21(2,3)14-19(26)23-17-6-7-18(22-15-16-8-12-27-13-9-16)24-20(17)25-10-4-5-11-25/h6-7,16H,4-5,8-15H2,1-3H3,(H,22,24)(H,23,26). The van der Waals surface area contributed by atoms with Crippen molar-refractivity contribution in [2.45, 2.75) is 52.9 Å². The van der Waals surface area contributed by atoms with Gasteiger partial charge in [0, 0.05) is 39.3 Å². The van der Waals surface area contributed by atoms with Crippen molar-refractivity contribution in [1.82, 2.24) is 4.98 Å². The van der Waals surface area contributed by atoms with E-state index in [0.29, 0.717) is 12.3 Å². The highest BCUT2D eigenvalue weighted by Crippen LogP contribution is 2.30. The first-order valence-corrected chi connectivity index (χ1v) is 10.3. The number of nitrogens with zero attached hydrogens (tertiary/aromatic N) is 2. The normalized spacial score (nSPS) is 18.6. The summed E-state index contributed by atoms with van der Waals surface area (Å²) in [7, 11) is 0. The smallest absolute Gasteiger partial charge is 0.224 e. The minimum absolute atomic E-state index is 0.0312. The number of ether oxygens (including phenoxy) is 1. The first-order chi connectivity index (χ1) is 12.9. The van der Waals surface area contributed by atoms with Gasteiger partial charge in [0.2, 0.25) is 5.91 Å². The minimum atomic E-state index is -0.0312. The second-order valence-electron chi connectivity index (χ2n) is 8.98. The van der Waals surface area contributed by atoms with Crippen LogP contribution in [0.1, 0.15) is 52.9 Å². The van der Waals surface area contributed by atoms with Crippen LogP contribution in [-0.4, -0.2) is 43.7 Å². The second kappa shape index (κ2) is 8.91. The number of hydrogen-bond donors (Lipinski definition) is 2. The highest BCUT2D eigenvalue weighted by molar-refractivity contribution is 5.94. The molecule has 1 amide bonds. The van der Waals surface area contributed by atoms with Crippen molar-refractivity contribution in [2.75, 3.05) is 48.4 Å². The predicted octanol–water partition coefficient (Wildman–Crippen LogP) is 3.90. The van der Waals surface area contributed by atoms with Crippen LogP contribution in [0.3, 0.4) is 0 Å². The number of carbonyl (C=O) groups excluding carboxylic acids is 1. The van der Waals surface area contributed by atoms with Crippen LogP contribution in [0.25, 0.3) is 0 Å². The Bertz CT molecular complexity index is 630. The zero-order valence-electron chi connectivity index (χ0n) is 17.0. The molecule has 2 aliphatic heterocycles. The van der Waals surface area contributed by atoms with Crippen LogP contribution in [0.5, 0.6) is 0 Å². The molecule has 0 unspecified atom stereocenters. The van der Waals surface area contributed by atoms with Crippen molar-refractivity contribution < 1.29 is 9.53 Å². The molecule has 27 heavy (non-hydrogen) atoms. The van der Waals surface area contributed by atoms with Gasteiger partial charge < -0.3 is 20.3 Å².